The highest BCUT2D eigenvalue weighted by Gasteiger charge is 2.41. The molecule has 1 aliphatic carbocycles. The fourth-order valence-corrected chi connectivity index (χ4v) is 4.10. The van der Waals surface area contributed by atoms with Gasteiger partial charge in [0.05, 0.1) is 41.9 Å². The van der Waals surface area contributed by atoms with Gasteiger partial charge >= 0.3 is 6.09 Å². The Morgan fingerprint density at radius 1 is 1.22 bits per heavy atom. The van der Waals surface area contributed by atoms with Gasteiger partial charge in [0.15, 0.2) is 0 Å². The minimum atomic E-state index is -0.879. The summed E-state index contributed by atoms with van der Waals surface area (Å²) in [5.41, 5.74) is 2.26. The fraction of sp³-hybridized carbons (Fsp3) is 0.542. The molecule has 4 rings (SSSR count). The molecular weight excluding hydrogens is 408 g/mol. The second-order valence-corrected chi connectivity index (χ2v) is 9.82. The Kier molecular flexibility index (Phi) is 5.75. The minimum Gasteiger partial charge on any atom is -0.446 e. The molecule has 8 heteroatoms. The maximum Gasteiger partial charge on any atom is 0.414 e. The molecule has 2 amide bonds. The predicted molar refractivity (Wildman–Crippen MR) is 123 cm³/mol. The standard InChI is InChI=1S/C24H32N4O4/c1-15(2)32-23(30)27-12-16(3)28(22(29)17-6-7-17)20-9-8-18(10-21(20)27)19-11-25-26(13-19)14-24(4,5)31/h8-11,13,15-17,31H,6-7,12,14H2,1-5H3/t16-/m0/s1. The molecule has 0 spiro atoms. The average Bonchev–Trinajstić information content (AvgIpc) is 3.45. The van der Waals surface area contributed by atoms with Crippen LogP contribution in [0.25, 0.3) is 11.1 Å². The lowest BCUT2D eigenvalue weighted by Crippen LogP contribution is -2.52. The fourth-order valence-electron chi connectivity index (χ4n) is 4.10. The SMILES string of the molecule is CC(C)OC(=O)N1C[C@H](C)N(C(=O)C2CC2)c2ccc(-c3cnn(CC(C)(C)O)c3)cc21. The van der Waals surface area contributed by atoms with Crippen molar-refractivity contribution in [3.8, 4) is 11.1 Å². The third-order valence-corrected chi connectivity index (χ3v) is 5.65. The first kappa shape index (κ1) is 22.3. The molecule has 2 aromatic rings. The number of nitrogens with zero attached hydrogens (tertiary/aromatic N) is 4. The van der Waals surface area contributed by atoms with Crippen molar-refractivity contribution >= 4 is 23.4 Å². The summed E-state index contributed by atoms with van der Waals surface area (Å²) >= 11 is 0. The molecule has 1 aliphatic heterocycles. The molecule has 0 saturated heterocycles. The number of hydrogen-bond donors (Lipinski definition) is 1. The first-order valence-electron chi connectivity index (χ1n) is 11.2. The summed E-state index contributed by atoms with van der Waals surface area (Å²) in [7, 11) is 0. The summed E-state index contributed by atoms with van der Waals surface area (Å²) in [6.07, 6.45) is 4.80. The Bertz CT molecular complexity index is 1020. The number of fused-ring (bicyclic) bond motifs is 1. The van der Waals surface area contributed by atoms with Crippen molar-refractivity contribution in [2.75, 3.05) is 16.3 Å². The van der Waals surface area contributed by atoms with Crippen LogP contribution in [0, 0.1) is 5.92 Å². The van der Waals surface area contributed by atoms with Crippen LogP contribution in [-0.2, 0) is 16.1 Å². The van der Waals surface area contributed by atoms with Gasteiger partial charge in [0, 0.05) is 24.2 Å². The lowest BCUT2D eigenvalue weighted by atomic mass is 10.0. The average molecular weight is 441 g/mol. The molecular formula is C24H32N4O4. The second kappa shape index (κ2) is 8.24. The van der Waals surface area contributed by atoms with Gasteiger partial charge in [0.2, 0.25) is 5.91 Å². The molecule has 8 nitrogen and oxygen atoms in total. The molecule has 2 aliphatic rings. The molecule has 32 heavy (non-hydrogen) atoms. The third-order valence-electron chi connectivity index (χ3n) is 5.65. The predicted octanol–water partition coefficient (Wildman–Crippen LogP) is 3.82. The van der Waals surface area contributed by atoms with Crippen LogP contribution in [0.3, 0.4) is 0 Å². The summed E-state index contributed by atoms with van der Waals surface area (Å²) in [6.45, 7) is 9.82. The number of anilines is 2. The van der Waals surface area contributed by atoms with E-state index in [9.17, 15) is 14.7 Å². The van der Waals surface area contributed by atoms with Crippen LogP contribution in [-0.4, -0.2) is 51.2 Å². The number of rotatable bonds is 5. The van der Waals surface area contributed by atoms with Crippen LogP contribution in [0.5, 0.6) is 0 Å². The molecule has 1 fully saturated rings. The van der Waals surface area contributed by atoms with Gasteiger partial charge in [-0.05, 0) is 65.2 Å². The molecule has 1 atom stereocenters. The zero-order valence-electron chi connectivity index (χ0n) is 19.4. The van der Waals surface area contributed by atoms with Crippen molar-refractivity contribution in [3.63, 3.8) is 0 Å². The molecule has 0 radical (unpaired) electrons. The third kappa shape index (κ3) is 4.65. The van der Waals surface area contributed by atoms with E-state index in [0.717, 1.165) is 29.7 Å². The summed E-state index contributed by atoms with van der Waals surface area (Å²) < 4.78 is 7.19. The van der Waals surface area contributed by atoms with E-state index in [1.54, 1.807) is 29.6 Å². The van der Waals surface area contributed by atoms with Gasteiger partial charge in [-0.1, -0.05) is 6.07 Å². The van der Waals surface area contributed by atoms with Crippen LogP contribution in [0.15, 0.2) is 30.6 Å². The number of amides is 2. The summed E-state index contributed by atoms with van der Waals surface area (Å²) in [4.78, 5) is 29.4. The van der Waals surface area contributed by atoms with Crippen molar-refractivity contribution in [1.82, 2.24) is 9.78 Å². The zero-order chi connectivity index (χ0) is 23.2. The van der Waals surface area contributed by atoms with Crippen molar-refractivity contribution in [2.45, 2.75) is 71.8 Å². The Labute approximate surface area is 188 Å². The van der Waals surface area contributed by atoms with Crippen LogP contribution in [0.1, 0.15) is 47.5 Å². The largest absolute Gasteiger partial charge is 0.446 e. The van der Waals surface area contributed by atoms with Gasteiger partial charge in [-0.2, -0.15) is 5.10 Å². The van der Waals surface area contributed by atoms with E-state index in [2.05, 4.69) is 5.10 Å². The molecule has 1 N–H and O–H groups in total. The van der Waals surface area contributed by atoms with E-state index in [-0.39, 0.29) is 24.0 Å². The lowest BCUT2D eigenvalue weighted by molar-refractivity contribution is -0.120. The van der Waals surface area contributed by atoms with Crippen LogP contribution < -0.4 is 9.80 Å². The molecule has 2 heterocycles. The van der Waals surface area contributed by atoms with Gasteiger partial charge in [-0.3, -0.25) is 14.4 Å². The van der Waals surface area contributed by atoms with E-state index >= 15 is 0 Å². The number of ether oxygens (including phenoxy) is 1. The molecule has 1 aromatic heterocycles. The maximum atomic E-state index is 13.0. The van der Waals surface area contributed by atoms with Crippen LogP contribution >= 0.6 is 0 Å². The van der Waals surface area contributed by atoms with Gasteiger partial charge < -0.3 is 14.7 Å². The number of aliphatic hydroxyl groups is 1. The summed E-state index contributed by atoms with van der Waals surface area (Å²) in [5, 5.41) is 14.4. The molecule has 0 unspecified atom stereocenters. The van der Waals surface area contributed by atoms with E-state index in [1.807, 2.05) is 50.1 Å². The maximum absolute atomic E-state index is 13.0. The van der Waals surface area contributed by atoms with Crippen LogP contribution in [0.2, 0.25) is 0 Å². The monoisotopic (exact) mass is 440 g/mol. The van der Waals surface area contributed by atoms with Crippen LogP contribution in [0.4, 0.5) is 16.2 Å². The highest BCUT2D eigenvalue weighted by atomic mass is 16.6. The van der Waals surface area contributed by atoms with E-state index in [1.165, 1.54) is 0 Å². The Morgan fingerprint density at radius 3 is 2.56 bits per heavy atom. The lowest BCUT2D eigenvalue weighted by Gasteiger charge is -2.41. The topological polar surface area (TPSA) is 87.9 Å². The number of aromatic nitrogens is 2. The first-order chi connectivity index (χ1) is 15.0. The smallest absolute Gasteiger partial charge is 0.414 e. The molecule has 172 valence electrons. The van der Waals surface area contributed by atoms with Crippen molar-refractivity contribution in [3.05, 3.63) is 30.6 Å². The number of carbonyl (C=O) groups is 2. The quantitative estimate of drug-likeness (QED) is 0.764. The zero-order valence-corrected chi connectivity index (χ0v) is 19.4. The van der Waals surface area contributed by atoms with Gasteiger partial charge in [0.1, 0.15) is 0 Å². The summed E-state index contributed by atoms with van der Waals surface area (Å²) in [5.74, 6) is 0.209. The Balaban J connectivity index is 1.72. The number of hydrogen-bond acceptors (Lipinski definition) is 5. The normalized spacial score (nSPS) is 18.7. The highest BCUT2D eigenvalue weighted by molar-refractivity contribution is 6.05. The van der Waals surface area contributed by atoms with E-state index < -0.39 is 11.7 Å². The van der Waals surface area contributed by atoms with Gasteiger partial charge in [-0.25, -0.2) is 4.79 Å². The summed E-state index contributed by atoms with van der Waals surface area (Å²) in [6, 6.07) is 5.63. The van der Waals surface area contributed by atoms with Crippen molar-refractivity contribution in [1.29, 1.82) is 0 Å². The highest BCUT2D eigenvalue weighted by Crippen LogP contribution is 2.42. The van der Waals surface area contributed by atoms with Gasteiger partial charge in [0.25, 0.3) is 0 Å². The van der Waals surface area contributed by atoms with Crippen molar-refractivity contribution in [2.24, 2.45) is 5.92 Å². The Morgan fingerprint density at radius 2 is 1.94 bits per heavy atom. The number of carbonyl (C=O) groups excluding carboxylic acids is 2. The molecule has 1 aromatic carbocycles. The van der Waals surface area contributed by atoms with E-state index in [0.29, 0.717) is 18.8 Å². The van der Waals surface area contributed by atoms with E-state index in [4.69, 9.17) is 4.74 Å². The van der Waals surface area contributed by atoms with Crippen molar-refractivity contribution < 1.29 is 19.4 Å². The Hall–Kier alpha value is -2.87. The first-order valence-corrected chi connectivity index (χ1v) is 11.2. The second-order valence-electron chi connectivity index (χ2n) is 9.82. The van der Waals surface area contributed by atoms with Gasteiger partial charge in [-0.15, -0.1) is 0 Å². The molecule has 1 saturated carbocycles. The minimum absolute atomic E-state index is 0.0826. The number of benzene rings is 1. The molecule has 0 bridgehead atoms.